The topological polar surface area (TPSA) is 40.5 Å². The van der Waals surface area contributed by atoms with E-state index in [4.69, 9.17) is 0 Å². The average molecular weight is 635 g/mol. The molecule has 45 heavy (non-hydrogen) atoms. The van der Waals surface area contributed by atoms with Gasteiger partial charge in [-0.15, -0.1) is 0 Å². The van der Waals surface area contributed by atoms with Crippen molar-refractivity contribution in [1.82, 2.24) is 0 Å². The van der Waals surface area contributed by atoms with Crippen molar-refractivity contribution in [3.8, 4) is 11.5 Å². The fraction of sp³-hybridized carbons (Fsp3) is 0.714. The third-order valence-corrected chi connectivity index (χ3v) is 12.3. The van der Waals surface area contributed by atoms with Crippen LogP contribution >= 0.6 is 11.8 Å². The van der Waals surface area contributed by atoms with E-state index < -0.39 is 0 Å². The van der Waals surface area contributed by atoms with E-state index in [1.807, 2.05) is 0 Å². The SMILES string of the molecule is CC(C)C(CSCC(c1cc(C2CCCCC2)c(O)c(C(C)(C)C)c1)C(C)C)c1cc(C2CCCCC2)c(O)c(C(C)(C)C)c1. The zero-order valence-electron chi connectivity index (χ0n) is 30.6. The molecule has 2 aromatic rings. The first-order valence-electron chi connectivity index (χ1n) is 18.4. The highest BCUT2D eigenvalue weighted by Gasteiger charge is 2.31. The Labute approximate surface area is 281 Å². The standard InChI is InChI=1S/C42H66O2S/c1-27(2)35(31-21-33(29-17-13-11-14-18-29)39(43)37(23-31)41(5,6)7)25-45-26-36(28(3)4)32-22-34(30-19-15-12-16-20-30)40(44)38(24-32)42(8,9)10/h21-24,27-30,35-36,43-44H,11-20,25-26H2,1-10H3. The molecule has 0 spiro atoms. The summed E-state index contributed by atoms with van der Waals surface area (Å²) in [4.78, 5) is 0. The first kappa shape index (κ1) is 36.2. The van der Waals surface area contributed by atoms with Crippen LogP contribution in [0.1, 0.15) is 190 Å². The van der Waals surface area contributed by atoms with Gasteiger partial charge in [-0.2, -0.15) is 11.8 Å². The van der Waals surface area contributed by atoms with E-state index in [1.165, 1.54) is 86.5 Å². The molecule has 2 aromatic carbocycles. The highest BCUT2D eigenvalue weighted by Crippen LogP contribution is 2.47. The molecule has 0 amide bonds. The molecule has 0 heterocycles. The highest BCUT2D eigenvalue weighted by atomic mass is 32.2. The summed E-state index contributed by atoms with van der Waals surface area (Å²) in [5.74, 6) is 6.16. The number of phenols is 2. The molecule has 0 radical (unpaired) electrons. The van der Waals surface area contributed by atoms with E-state index in [9.17, 15) is 10.2 Å². The molecule has 2 N–H and O–H groups in total. The fourth-order valence-electron chi connectivity index (χ4n) is 8.05. The number of rotatable bonds is 10. The maximum Gasteiger partial charge on any atom is 0.122 e. The Bertz CT molecular complexity index is 1150. The van der Waals surface area contributed by atoms with E-state index in [1.54, 1.807) is 0 Å². The van der Waals surface area contributed by atoms with Gasteiger partial charge in [0.15, 0.2) is 0 Å². The molecule has 0 bridgehead atoms. The summed E-state index contributed by atoms with van der Waals surface area (Å²) < 4.78 is 0. The van der Waals surface area contributed by atoms with Crippen molar-refractivity contribution in [3.05, 3.63) is 57.6 Å². The molecular weight excluding hydrogens is 569 g/mol. The Morgan fingerprint density at radius 2 is 0.911 bits per heavy atom. The molecule has 2 unspecified atom stereocenters. The van der Waals surface area contributed by atoms with Crippen LogP contribution in [0, 0.1) is 11.8 Å². The van der Waals surface area contributed by atoms with Gasteiger partial charge in [-0.3, -0.25) is 0 Å². The Hall–Kier alpha value is -1.61. The number of aromatic hydroxyl groups is 2. The minimum Gasteiger partial charge on any atom is -0.507 e. The van der Waals surface area contributed by atoms with Gasteiger partial charge < -0.3 is 10.2 Å². The lowest BCUT2D eigenvalue weighted by molar-refractivity contribution is 0.401. The minimum absolute atomic E-state index is 0.0966. The second-order valence-corrected chi connectivity index (χ2v) is 18.5. The number of hydrogen-bond acceptors (Lipinski definition) is 3. The zero-order chi connectivity index (χ0) is 33.1. The molecule has 2 aliphatic rings. The van der Waals surface area contributed by atoms with Crippen molar-refractivity contribution >= 4 is 11.8 Å². The largest absolute Gasteiger partial charge is 0.507 e. The molecule has 0 aliphatic heterocycles. The lowest BCUT2D eigenvalue weighted by Crippen LogP contribution is -2.19. The summed E-state index contributed by atoms with van der Waals surface area (Å²) in [6.07, 6.45) is 12.5. The molecule has 4 rings (SSSR count). The first-order valence-corrected chi connectivity index (χ1v) is 19.6. The minimum atomic E-state index is -0.0966. The number of benzene rings is 2. The maximum atomic E-state index is 11.6. The molecule has 2 fully saturated rings. The Kier molecular flexibility index (Phi) is 12.1. The van der Waals surface area contributed by atoms with Gasteiger partial charge in [0.25, 0.3) is 0 Å². The quantitative estimate of drug-likeness (QED) is 0.273. The Morgan fingerprint density at radius 3 is 1.20 bits per heavy atom. The van der Waals surface area contributed by atoms with E-state index >= 15 is 0 Å². The summed E-state index contributed by atoms with van der Waals surface area (Å²) in [6, 6.07) is 9.49. The molecule has 2 aliphatic carbocycles. The molecule has 252 valence electrons. The Morgan fingerprint density at radius 1 is 0.578 bits per heavy atom. The van der Waals surface area contributed by atoms with Gasteiger partial charge in [-0.25, -0.2) is 0 Å². The zero-order valence-corrected chi connectivity index (χ0v) is 31.4. The smallest absolute Gasteiger partial charge is 0.122 e. The van der Waals surface area contributed by atoms with Crippen molar-refractivity contribution < 1.29 is 10.2 Å². The van der Waals surface area contributed by atoms with Gasteiger partial charge in [-0.05, 0) is 105 Å². The third kappa shape index (κ3) is 8.85. The first-order chi connectivity index (χ1) is 21.1. The van der Waals surface area contributed by atoms with E-state index in [0.717, 1.165) is 22.6 Å². The predicted octanol–water partition coefficient (Wildman–Crippen LogP) is 12.7. The van der Waals surface area contributed by atoms with Crippen LogP contribution in [-0.4, -0.2) is 21.7 Å². The van der Waals surface area contributed by atoms with E-state index in [2.05, 4.69) is 105 Å². The van der Waals surface area contributed by atoms with Crippen molar-refractivity contribution in [1.29, 1.82) is 0 Å². The number of phenolic OH excluding ortho intramolecular Hbond substituents is 2. The van der Waals surface area contributed by atoms with Crippen LogP contribution in [-0.2, 0) is 10.8 Å². The van der Waals surface area contributed by atoms with Crippen molar-refractivity contribution in [3.63, 3.8) is 0 Å². The number of thioether (sulfide) groups is 1. The van der Waals surface area contributed by atoms with Crippen LogP contribution in [0.15, 0.2) is 24.3 Å². The van der Waals surface area contributed by atoms with Crippen LogP contribution in [0.4, 0.5) is 0 Å². The van der Waals surface area contributed by atoms with Gasteiger partial charge in [-0.1, -0.05) is 132 Å². The normalized spacial score (nSPS) is 18.9. The fourth-order valence-corrected chi connectivity index (χ4v) is 9.85. The van der Waals surface area contributed by atoms with Crippen molar-refractivity contribution in [2.45, 2.75) is 168 Å². The van der Waals surface area contributed by atoms with Crippen LogP contribution < -0.4 is 0 Å². The second-order valence-electron chi connectivity index (χ2n) is 17.4. The summed E-state index contributed by atoms with van der Waals surface area (Å²) in [5.41, 5.74) is 7.29. The summed E-state index contributed by atoms with van der Waals surface area (Å²) in [5, 5.41) is 23.1. The lowest BCUT2D eigenvalue weighted by Gasteiger charge is -2.32. The van der Waals surface area contributed by atoms with Crippen LogP contribution in [0.2, 0.25) is 0 Å². The number of hydrogen-bond donors (Lipinski definition) is 2. The monoisotopic (exact) mass is 634 g/mol. The van der Waals surface area contributed by atoms with E-state index in [0.29, 0.717) is 47.0 Å². The highest BCUT2D eigenvalue weighted by molar-refractivity contribution is 7.99. The molecule has 2 atom stereocenters. The van der Waals surface area contributed by atoms with Gasteiger partial charge in [0, 0.05) is 11.5 Å². The third-order valence-electron chi connectivity index (χ3n) is 11.1. The van der Waals surface area contributed by atoms with Gasteiger partial charge in [0.1, 0.15) is 11.5 Å². The van der Waals surface area contributed by atoms with Crippen molar-refractivity contribution in [2.24, 2.45) is 11.8 Å². The molecule has 0 aromatic heterocycles. The predicted molar refractivity (Wildman–Crippen MR) is 198 cm³/mol. The van der Waals surface area contributed by atoms with Crippen LogP contribution in [0.3, 0.4) is 0 Å². The molecule has 2 saturated carbocycles. The van der Waals surface area contributed by atoms with Crippen LogP contribution in [0.5, 0.6) is 11.5 Å². The lowest BCUT2D eigenvalue weighted by atomic mass is 9.76. The van der Waals surface area contributed by atoms with Gasteiger partial charge in [0.2, 0.25) is 0 Å². The second kappa shape index (κ2) is 15.1. The van der Waals surface area contributed by atoms with Crippen LogP contribution in [0.25, 0.3) is 0 Å². The average Bonchev–Trinajstić information content (AvgIpc) is 2.97. The van der Waals surface area contributed by atoms with Gasteiger partial charge >= 0.3 is 0 Å². The molecule has 3 heteroatoms. The van der Waals surface area contributed by atoms with Gasteiger partial charge in [0.05, 0.1) is 0 Å². The summed E-state index contributed by atoms with van der Waals surface area (Å²) in [7, 11) is 0. The summed E-state index contributed by atoms with van der Waals surface area (Å²) >= 11 is 2.11. The summed E-state index contributed by atoms with van der Waals surface area (Å²) in [6.45, 7) is 23.0. The van der Waals surface area contributed by atoms with Crippen molar-refractivity contribution in [2.75, 3.05) is 11.5 Å². The van der Waals surface area contributed by atoms with E-state index in [-0.39, 0.29) is 10.8 Å². The maximum absolute atomic E-state index is 11.6. The molecule has 0 saturated heterocycles. The molecule has 2 nitrogen and oxygen atoms in total. The Balaban J connectivity index is 1.63. The molecular formula is C42H66O2S.